The number of amides is 1. The molecule has 1 aliphatic carbocycles. The van der Waals surface area contributed by atoms with Crippen LogP contribution in [0.4, 0.5) is 0 Å². The van der Waals surface area contributed by atoms with E-state index in [4.69, 9.17) is 5.73 Å². The summed E-state index contributed by atoms with van der Waals surface area (Å²) in [6.45, 7) is 4.64. The monoisotopic (exact) mass is 275 g/mol. The molecule has 3 N–H and O–H groups in total. The molecular weight excluding hydrogens is 250 g/mol. The maximum Gasteiger partial charge on any atom is 0.228 e. The minimum absolute atomic E-state index is 0.0773. The Kier molecular flexibility index (Phi) is 4.76. The molecule has 1 fully saturated rings. The first-order valence-corrected chi connectivity index (χ1v) is 7.49. The van der Waals surface area contributed by atoms with Crippen LogP contribution >= 0.6 is 0 Å². The summed E-state index contributed by atoms with van der Waals surface area (Å²) in [7, 11) is 0. The standard InChI is InChI=1S/C16H25N3O/c1-12-6-8-16(11-17,9-7-12)15(20)19-13(2)14-5-3-4-10-18-14/h3-5,10,12-13H,6-9,11,17H2,1-2H3,(H,19,20)/t12?,13-,16?/m0/s1. The van der Waals surface area contributed by atoms with Crippen molar-refractivity contribution in [1.29, 1.82) is 0 Å². The Balaban J connectivity index is 2.03. The molecule has 4 heteroatoms. The average Bonchev–Trinajstić information content (AvgIpc) is 2.49. The molecule has 20 heavy (non-hydrogen) atoms. The van der Waals surface area contributed by atoms with Crippen LogP contribution in [0.25, 0.3) is 0 Å². The highest BCUT2D eigenvalue weighted by molar-refractivity contribution is 5.83. The van der Waals surface area contributed by atoms with Crippen molar-refractivity contribution in [3.05, 3.63) is 30.1 Å². The van der Waals surface area contributed by atoms with Gasteiger partial charge >= 0.3 is 0 Å². The number of pyridine rings is 1. The molecule has 0 aliphatic heterocycles. The third-order valence-corrected chi connectivity index (χ3v) is 4.58. The molecule has 0 radical (unpaired) electrons. The van der Waals surface area contributed by atoms with Gasteiger partial charge < -0.3 is 11.1 Å². The van der Waals surface area contributed by atoms with E-state index in [-0.39, 0.29) is 17.4 Å². The summed E-state index contributed by atoms with van der Waals surface area (Å²) in [5.74, 6) is 0.792. The molecule has 0 bridgehead atoms. The Morgan fingerprint density at radius 2 is 2.20 bits per heavy atom. The van der Waals surface area contributed by atoms with E-state index in [1.807, 2.05) is 25.1 Å². The summed E-state index contributed by atoms with van der Waals surface area (Å²) in [5, 5.41) is 3.09. The molecule has 1 saturated carbocycles. The van der Waals surface area contributed by atoms with Gasteiger partial charge in [0, 0.05) is 12.7 Å². The van der Waals surface area contributed by atoms with Gasteiger partial charge in [-0.15, -0.1) is 0 Å². The predicted molar refractivity (Wildman–Crippen MR) is 79.9 cm³/mol. The van der Waals surface area contributed by atoms with Crippen molar-refractivity contribution in [2.24, 2.45) is 17.1 Å². The van der Waals surface area contributed by atoms with Crippen molar-refractivity contribution in [3.8, 4) is 0 Å². The van der Waals surface area contributed by atoms with Crippen molar-refractivity contribution in [2.45, 2.75) is 45.6 Å². The van der Waals surface area contributed by atoms with Crippen molar-refractivity contribution in [1.82, 2.24) is 10.3 Å². The van der Waals surface area contributed by atoms with Crippen molar-refractivity contribution in [3.63, 3.8) is 0 Å². The molecule has 0 unspecified atom stereocenters. The molecule has 4 nitrogen and oxygen atoms in total. The van der Waals surface area contributed by atoms with Crippen molar-refractivity contribution in [2.75, 3.05) is 6.54 Å². The van der Waals surface area contributed by atoms with Crippen molar-refractivity contribution < 1.29 is 4.79 Å². The summed E-state index contributed by atoms with van der Waals surface area (Å²) in [6.07, 6.45) is 5.71. The summed E-state index contributed by atoms with van der Waals surface area (Å²) < 4.78 is 0. The average molecular weight is 275 g/mol. The topological polar surface area (TPSA) is 68.0 Å². The number of carbonyl (C=O) groups excluding carboxylic acids is 1. The summed E-state index contributed by atoms with van der Waals surface area (Å²) in [4.78, 5) is 16.9. The fourth-order valence-electron chi connectivity index (χ4n) is 2.89. The van der Waals surface area contributed by atoms with Gasteiger partial charge in [0.25, 0.3) is 0 Å². The van der Waals surface area contributed by atoms with Crippen LogP contribution in [0.1, 0.15) is 51.3 Å². The van der Waals surface area contributed by atoms with Gasteiger partial charge in [-0.2, -0.15) is 0 Å². The van der Waals surface area contributed by atoms with E-state index < -0.39 is 0 Å². The number of aromatic nitrogens is 1. The second-order valence-corrected chi connectivity index (χ2v) is 6.12. The van der Waals surface area contributed by atoms with Crippen LogP contribution in [0.2, 0.25) is 0 Å². The fourth-order valence-corrected chi connectivity index (χ4v) is 2.89. The normalized spacial score (nSPS) is 27.9. The van der Waals surface area contributed by atoms with E-state index in [0.29, 0.717) is 12.5 Å². The number of rotatable bonds is 4. The van der Waals surface area contributed by atoms with E-state index in [1.165, 1.54) is 0 Å². The largest absolute Gasteiger partial charge is 0.347 e. The molecule has 110 valence electrons. The molecular formula is C16H25N3O. The van der Waals surface area contributed by atoms with Gasteiger partial charge in [-0.25, -0.2) is 0 Å². The second-order valence-electron chi connectivity index (χ2n) is 6.12. The zero-order valence-corrected chi connectivity index (χ0v) is 12.4. The molecule has 1 heterocycles. The first kappa shape index (κ1) is 15.0. The first-order chi connectivity index (χ1) is 9.57. The quantitative estimate of drug-likeness (QED) is 0.886. The Hall–Kier alpha value is -1.42. The number of carbonyl (C=O) groups is 1. The molecule has 1 aromatic heterocycles. The summed E-state index contributed by atoms with van der Waals surface area (Å²) in [6, 6.07) is 5.67. The van der Waals surface area contributed by atoms with Crippen LogP contribution in [0.3, 0.4) is 0 Å². The Labute approximate surface area is 121 Å². The Bertz CT molecular complexity index is 438. The molecule has 1 aromatic rings. The van der Waals surface area contributed by atoms with Gasteiger partial charge in [0.1, 0.15) is 0 Å². The smallest absolute Gasteiger partial charge is 0.228 e. The van der Waals surface area contributed by atoms with E-state index in [1.54, 1.807) is 6.20 Å². The third kappa shape index (κ3) is 3.18. The van der Waals surface area contributed by atoms with Crippen molar-refractivity contribution >= 4 is 5.91 Å². The van der Waals surface area contributed by atoms with E-state index in [9.17, 15) is 4.79 Å². The number of nitrogens with zero attached hydrogens (tertiary/aromatic N) is 1. The van der Waals surface area contributed by atoms with Gasteiger partial charge in [-0.1, -0.05) is 13.0 Å². The lowest BCUT2D eigenvalue weighted by Gasteiger charge is -2.37. The lowest BCUT2D eigenvalue weighted by atomic mass is 9.70. The van der Waals surface area contributed by atoms with Crippen LogP contribution in [0.15, 0.2) is 24.4 Å². The minimum atomic E-state index is -0.379. The highest BCUT2D eigenvalue weighted by Crippen LogP contribution is 2.38. The number of hydrogen-bond acceptors (Lipinski definition) is 3. The molecule has 0 aromatic carbocycles. The maximum atomic E-state index is 12.6. The zero-order chi connectivity index (χ0) is 14.6. The van der Waals surface area contributed by atoms with Gasteiger partial charge in [-0.3, -0.25) is 9.78 Å². The predicted octanol–water partition coefficient (Wildman–Crippen LogP) is 2.41. The van der Waals surface area contributed by atoms with Gasteiger partial charge in [0.15, 0.2) is 0 Å². The lowest BCUT2D eigenvalue weighted by molar-refractivity contribution is -0.133. The Morgan fingerprint density at radius 3 is 2.75 bits per heavy atom. The number of nitrogens with one attached hydrogen (secondary N) is 1. The number of hydrogen-bond donors (Lipinski definition) is 2. The summed E-state index contributed by atoms with van der Waals surface area (Å²) in [5.41, 5.74) is 6.43. The third-order valence-electron chi connectivity index (χ3n) is 4.58. The summed E-state index contributed by atoms with van der Waals surface area (Å²) >= 11 is 0. The van der Waals surface area contributed by atoms with Crippen LogP contribution in [-0.2, 0) is 4.79 Å². The SMILES string of the molecule is CC1CCC(CN)(C(=O)N[C@@H](C)c2ccccn2)CC1. The first-order valence-electron chi connectivity index (χ1n) is 7.49. The molecule has 0 saturated heterocycles. The van der Waals surface area contributed by atoms with Gasteiger partial charge in [0.05, 0.1) is 17.2 Å². The van der Waals surface area contributed by atoms with E-state index >= 15 is 0 Å². The Morgan fingerprint density at radius 1 is 1.50 bits per heavy atom. The highest BCUT2D eigenvalue weighted by Gasteiger charge is 2.40. The molecule has 1 atom stereocenters. The van der Waals surface area contributed by atoms with Crippen LogP contribution < -0.4 is 11.1 Å². The molecule has 0 spiro atoms. The molecule has 1 aliphatic rings. The molecule has 2 rings (SSSR count). The van der Waals surface area contributed by atoms with Crippen LogP contribution in [0.5, 0.6) is 0 Å². The zero-order valence-electron chi connectivity index (χ0n) is 12.4. The van der Waals surface area contributed by atoms with Gasteiger partial charge in [0.2, 0.25) is 5.91 Å². The highest BCUT2D eigenvalue weighted by atomic mass is 16.2. The van der Waals surface area contributed by atoms with Crippen LogP contribution in [-0.4, -0.2) is 17.4 Å². The van der Waals surface area contributed by atoms with E-state index in [2.05, 4.69) is 17.2 Å². The second kappa shape index (κ2) is 6.35. The minimum Gasteiger partial charge on any atom is -0.347 e. The van der Waals surface area contributed by atoms with E-state index in [0.717, 1.165) is 31.4 Å². The van der Waals surface area contributed by atoms with Crippen LogP contribution in [0, 0.1) is 11.3 Å². The van der Waals surface area contributed by atoms with Gasteiger partial charge in [-0.05, 0) is 50.7 Å². The molecule has 1 amide bonds. The fraction of sp³-hybridized carbons (Fsp3) is 0.625. The lowest BCUT2D eigenvalue weighted by Crippen LogP contribution is -2.48. The number of nitrogens with two attached hydrogens (primary N) is 1. The maximum absolute atomic E-state index is 12.6.